The predicted molar refractivity (Wildman–Crippen MR) is 85.6 cm³/mol. The molecule has 1 nitrogen and oxygen atoms in total. The Morgan fingerprint density at radius 3 is 2.37 bits per heavy atom. The third kappa shape index (κ3) is 3.38. The molecule has 2 aromatic rings. The van der Waals surface area contributed by atoms with Crippen LogP contribution in [-0.2, 0) is 0 Å². The molecular formula is C14H10Br3FO. The standard InChI is InChI=1S/C14H10Br3FO/c1-19-13-5-2-8(6-12(13)16)14(17)10-4-3-9(18)7-11(10)15/h2-7,14H,1H3. The largest absolute Gasteiger partial charge is 0.496 e. The highest BCUT2D eigenvalue weighted by molar-refractivity contribution is 9.11. The van der Waals surface area contributed by atoms with Crippen LogP contribution in [0, 0.1) is 5.82 Å². The Balaban J connectivity index is 2.38. The molecule has 0 saturated carbocycles. The third-order valence-corrected chi connectivity index (χ3v) is 5.03. The normalized spacial score (nSPS) is 12.3. The molecule has 0 spiro atoms. The van der Waals surface area contributed by atoms with E-state index in [4.69, 9.17) is 4.74 Å². The second kappa shape index (κ2) is 6.37. The van der Waals surface area contributed by atoms with Crippen molar-refractivity contribution in [3.63, 3.8) is 0 Å². The van der Waals surface area contributed by atoms with Crippen molar-refractivity contribution in [2.75, 3.05) is 7.11 Å². The molecule has 1 atom stereocenters. The van der Waals surface area contributed by atoms with Crippen LogP contribution >= 0.6 is 47.8 Å². The van der Waals surface area contributed by atoms with Crippen molar-refractivity contribution in [2.24, 2.45) is 0 Å². The molecule has 0 bridgehead atoms. The lowest BCUT2D eigenvalue weighted by molar-refractivity contribution is 0.412. The van der Waals surface area contributed by atoms with Gasteiger partial charge in [0, 0.05) is 4.47 Å². The minimum atomic E-state index is -0.258. The highest BCUT2D eigenvalue weighted by Crippen LogP contribution is 2.38. The minimum absolute atomic E-state index is 0.0234. The van der Waals surface area contributed by atoms with Gasteiger partial charge in [0.1, 0.15) is 11.6 Å². The molecule has 0 fully saturated rings. The zero-order chi connectivity index (χ0) is 14.0. The topological polar surface area (TPSA) is 9.23 Å². The summed E-state index contributed by atoms with van der Waals surface area (Å²) in [5.74, 6) is 0.521. The van der Waals surface area contributed by atoms with E-state index in [1.165, 1.54) is 12.1 Å². The fourth-order valence-electron chi connectivity index (χ4n) is 1.73. The van der Waals surface area contributed by atoms with Gasteiger partial charge in [-0.3, -0.25) is 0 Å². The Kier molecular flexibility index (Phi) is 5.03. The minimum Gasteiger partial charge on any atom is -0.496 e. The van der Waals surface area contributed by atoms with E-state index >= 15 is 0 Å². The van der Waals surface area contributed by atoms with Gasteiger partial charge in [-0.15, -0.1) is 0 Å². The second-order valence-electron chi connectivity index (χ2n) is 3.92. The summed E-state index contributed by atoms with van der Waals surface area (Å²) in [5, 5.41) is 0. The Labute approximate surface area is 136 Å². The maximum Gasteiger partial charge on any atom is 0.133 e. The second-order valence-corrected chi connectivity index (χ2v) is 6.55. The average molecular weight is 453 g/mol. The molecule has 0 aliphatic heterocycles. The van der Waals surface area contributed by atoms with Crippen molar-refractivity contribution in [1.29, 1.82) is 0 Å². The number of benzene rings is 2. The predicted octanol–water partition coefficient (Wildman–Crippen LogP) is 5.84. The van der Waals surface area contributed by atoms with E-state index in [-0.39, 0.29) is 10.6 Å². The number of halogens is 4. The van der Waals surface area contributed by atoms with Crippen LogP contribution in [0.1, 0.15) is 16.0 Å². The quantitative estimate of drug-likeness (QED) is 0.531. The zero-order valence-electron chi connectivity index (χ0n) is 9.96. The highest BCUT2D eigenvalue weighted by atomic mass is 79.9. The van der Waals surface area contributed by atoms with E-state index in [0.29, 0.717) is 0 Å². The SMILES string of the molecule is COc1ccc(C(Br)c2ccc(F)cc2Br)cc1Br. The van der Waals surface area contributed by atoms with Gasteiger partial charge in [0.2, 0.25) is 0 Å². The maximum atomic E-state index is 13.1. The lowest BCUT2D eigenvalue weighted by Gasteiger charge is -2.14. The van der Waals surface area contributed by atoms with Crippen LogP contribution in [0.25, 0.3) is 0 Å². The van der Waals surface area contributed by atoms with Crippen LogP contribution in [-0.4, -0.2) is 7.11 Å². The van der Waals surface area contributed by atoms with Crippen LogP contribution in [0.15, 0.2) is 45.3 Å². The first-order valence-corrected chi connectivity index (χ1v) is 7.95. The fraction of sp³-hybridized carbons (Fsp3) is 0.143. The molecule has 0 N–H and O–H groups in total. The van der Waals surface area contributed by atoms with Crippen molar-refractivity contribution in [1.82, 2.24) is 0 Å². The Morgan fingerprint density at radius 1 is 1.05 bits per heavy atom. The summed E-state index contributed by atoms with van der Waals surface area (Å²) < 4.78 is 19.9. The molecule has 0 heterocycles. The van der Waals surface area contributed by atoms with Crippen molar-refractivity contribution in [3.8, 4) is 5.75 Å². The number of hydrogen-bond acceptors (Lipinski definition) is 1. The van der Waals surface area contributed by atoms with Crippen LogP contribution in [0.4, 0.5) is 4.39 Å². The summed E-state index contributed by atoms with van der Waals surface area (Å²) in [4.78, 5) is -0.0234. The van der Waals surface area contributed by atoms with Gasteiger partial charge in [-0.2, -0.15) is 0 Å². The first-order chi connectivity index (χ1) is 9.02. The molecule has 0 saturated heterocycles. The molecular weight excluding hydrogens is 443 g/mol. The van der Waals surface area contributed by atoms with Gasteiger partial charge in [0.15, 0.2) is 0 Å². The first kappa shape index (κ1) is 15.0. The van der Waals surface area contributed by atoms with Crippen molar-refractivity contribution in [2.45, 2.75) is 4.83 Å². The lowest BCUT2D eigenvalue weighted by atomic mass is 10.0. The number of methoxy groups -OCH3 is 1. The van der Waals surface area contributed by atoms with Gasteiger partial charge in [0.05, 0.1) is 16.4 Å². The first-order valence-electron chi connectivity index (χ1n) is 5.45. The van der Waals surface area contributed by atoms with Crippen LogP contribution in [0.2, 0.25) is 0 Å². The molecule has 0 aliphatic rings. The number of alkyl halides is 1. The van der Waals surface area contributed by atoms with E-state index in [1.54, 1.807) is 13.2 Å². The molecule has 2 rings (SSSR count). The van der Waals surface area contributed by atoms with Crippen LogP contribution in [0.3, 0.4) is 0 Å². The number of hydrogen-bond donors (Lipinski definition) is 0. The van der Waals surface area contributed by atoms with Crippen LogP contribution in [0.5, 0.6) is 5.75 Å². The Bertz CT molecular complexity index is 601. The number of ether oxygens (including phenoxy) is 1. The van der Waals surface area contributed by atoms with Crippen molar-refractivity contribution >= 4 is 47.8 Å². The van der Waals surface area contributed by atoms with Gasteiger partial charge >= 0.3 is 0 Å². The van der Waals surface area contributed by atoms with E-state index in [1.807, 2.05) is 18.2 Å². The summed E-state index contributed by atoms with van der Waals surface area (Å²) in [6, 6.07) is 10.5. The van der Waals surface area contributed by atoms with Gasteiger partial charge in [-0.1, -0.05) is 44.0 Å². The molecule has 100 valence electrons. The lowest BCUT2D eigenvalue weighted by Crippen LogP contribution is -1.96. The zero-order valence-corrected chi connectivity index (χ0v) is 14.7. The van der Waals surface area contributed by atoms with Gasteiger partial charge < -0.3 is 4.74 Å². The molecule has 0 aromatic heterocycles. The highest BCUT2D eigenvalue weighted by Gasteiger charge is 2.15. The maximum absolute atomic E-state index is 13.1. The van der Waals surface area contributed by atoms with Crippen molar-refractivity contribution < 1.29 is 9.13 Å². The van der Waals surface area contributed by atoms with Gasteiger partial charge in [-0.25, -0.2) is 4.39 Å². The molecule has 19 heavy (non-hydrogen) atoms. The van der Waals surface area contributed by atoms with Crippen molar-refractivity contribution in [3.05, 3.63) is 62.3 Å². The summed E-state index contributed by atoms with van der Waals surface area (Å²) >= 11 is 10.5. The number of rotatable bonds is 3. The average Bonchev–Trinajstić information content (AvgIpc) is 2.38. The Hall–Kier alpha value is -0.390. The third-order valence-electron chi connectivity index (χ3n) is 2.70. The summed E-state index contributed by atoms with van der Waals surface area (Å²) in [6.45, 7) is 0. The summed E-state index contributed by atoms with van der Waals surface area (Å²) in [5.41, 5.74) is 2.03. The Morgan fingerprint density at radius 2 is 1.79 bits per heavy atom. The molecule has 0 amide bonds. The molecule has 0 radical (unpaired) electrons. The monoisotopic (exact) mass is 450 g/mol. The smallest absolute Gasteiger partial charge is 0.133 e. The van der Waals surface area contributed by atoms with E-state index in [9.17, 15) is 4.39 Å². The van der Waals surface area contributed by atoms with E-state index in [0.717, 1.165) is 25.8 Å². The van der Waals surface area contributed by atoms with Gasteiger partial charge in [-0.05, 0) is 51.3 Å². The van der Waals surface area contributed by atoms with Gasteiger partial charge in [0.25, 0.3) is 0 Å². The molecule has 2 aromatic carbocycles. The molecule has 1 unspecified atom stereocenters. The van der Waals surface area contributed by atoms with Crippen LogP contribution < -0.4 is 4.74 Å². The van der Waals surface area contributed by atoms with E-state index in [2.05, 4.69) is 47.8 Å². The summed E-state index contributed by atoms with van der Waals surface area (Å²) in [6.07, 6.45) is 0. The summed E-state index contributed by atoms with van der Waals surface area (Å²) in [7, 11) is 1.63. The molecule has 5 heteroatoms. The fourth-order valence-corrected chi connectivity index (χ4v) is 3.86. The van der Waals surface area contributed by atoms with E-state index < -0.39 is 0 Å². The molecule has 0 aliphatic carbocycles.